The molecular formula is C16H24N3O5P. The molecule has 2 heterocycles. The molecule has 0 aliphatic heterocycles. The van der Waals surface area contributed by atoms with Gasteiger partial charge in [-0.15, -0.1) is 0 Å². The van der Waals surface area contributed by atoms with E-state index in [1.807, 2.05) is 6.92 Å². The van der Waals surface area contributed by atoms with Crippen LogP contribution >= 0.6 is 7.60 Å². The smallest absolute Gasteiger partial charge is 0.350 e. The summed E-state index contributed by atoms with van der Waals surface area (Å²) in [6.07, 6.45) is 2.22. The summed E-state index contributed by atoms with van der Waals surface area (Å²) >= 11 is 0. The Morgan fingerprint density at radius 1 is 1.20 bits per heavy atom. The van der Waals surface area contributed by atoms with Crippen molar-refractivity contribution < 1.29 is 23.1 Å². The maximum atomic E-state index is 13.4. The first kappa shape index (κ1) is 19.6. The number of aryl methyl sites for hydroxylation is 1. The van der Waals surface area contributed by atoms with Crippen LogP contribution in [0.25, 0.3) is 5.65 Å². The molecule has 25 heavy (non-hydrogen) atoms. The van der Waals surface area contributed by atoms with Crippen LogP contribution in [-0.2, 0) is 29.6 Å². The number of hydrogen-bond acceptors (Lipinski definition) is 7. The standard InChI is InChI=1S/C16H24N3O5P/c1-5-12-11-13(19-14(18-12)9-10-17-19)15(16(20)22-6-2)25(21,23-7-3)24-8-4/h9-11,15H,5-8H2,1-4H3. The molecule has 1 atom stereocenters. The van der Waals surface area contributed by atoms with Gasteiger partial charge in [-0.1, -0.05) is 6.92 Å². The fraction of sp³-hybridized carbons (Fsp3) is 0.562. The van der Waals surface area contributed by atoms with Crippen molar-refractivity contribution in [3.8, 4) is 0 Å². The summed E-state index contributed by atoms with van der Waals surface area (Å²) in [5.41, 5.74) is 0.457. The molecule has 0 fully saturated rings. The number of rotatable bonds is 9. The van der Waals surface area contributed by atoms with Crippen molar-refractivity contribution in [2.24, 2.45) is 0 Å². The molecule has 2 rings (SSSR count). The number of hydrogen-bond donors (Lipinski definition) is 0. The molecule has 1 unspecified atom stereocenters. The summed E-state index contributed by atoms with van der Waals surface area (Å²) in [6, 6.07) is 3.42. The number of aromatic nitrogens is 3. The predicted molar refractivity (Wildman–Crippen MR) is 92.6 cm³/mol. The number of nitrogens with zero attached hydrogens (tertiary/aromatic N) is 3. The summed E-state index contributed by atoms with van der Waals surface area (Å²) in [7, 11) is -3.81. The zero-order valence-corrected chi connectivity index (χ0v) is 15.9. The molecule has 8 nitrogen and oxygen atoms in total. The van der Waals surface area contributed by atoms with E-state index in [4.69, 9.17) is 13.8 Å². The molecule has 2 aromatic rings. The normalized spacial score (nSPS) is 13.1. The Kier molecular flexibility index (Phi) is 6.70. The van der Waals surface area contributed by atoms with E-state index in [0.717, 1.165) is 5.69 Å². The summed E-state index contributed by atoms with van der Waals surface area (Å²) in [6.45, 7) is 7.46. The average Bonchev–Trinajstić information content (AvgIpc) is 3.04. The SMILES string of the molecule is CCOC(=O)C(c1cc(CC)nc2ccnn12)P(=O)(OCC)OCC. The van der Waals surface area contributed by atoms with Gasteiger partial charge in [0.1, 0.15) is 0 Å². The monoisotopic (exact) mass is 369 g/mol. The second-order valence-electron chi connectivity index (χ2n) is 5.16. The van der Waals surface area contributed by atoms with Crippen LogP contribution < -0.4 is 0 Å². The van der Waals surface area contributed by atoms with Gasteiger partial charge in [-0.05, 0) is 33.3 Å². The van der Waals surface area contributed by atoms with Crippen LogP contribution in [0.2, 0.25) is 0 Å². The third kappa shape index (κ3) is 4.08. The molecule has 0 bridgehead atoms. The Hall–Kier alpha value is -1.76. The molecule has 0 aliphatic carbocycles. The quantitative estimate of drug-likeness (QED) is 0.495. The first-order chi connectivity index (χ1) is 12.0. The fourth-order valence-corrected chi connectivity index (χ4v) is 4.48. The summed E-state index contributed by atoms with van der Waals surface area (Å²) in [5, 5.41) is 4.21. The molecule has 0 aliphatic rings. The number of fused-ring (bicyclic) bond motifs is 1. The van der Waals surface area contributed by atoms with E-state index >= 15 is 0 Å². The Balaban J connectivity index is 2.69. The minimum Gasteiger partial charge on any atom is -0.465 e. The third-order valence-electron chi connectivity index (χ3n) is 3.53. The Morgan fingerprint density at radius 3 is 2.44 bits per heavy atom. The highest BCUT2D eigenvalue weighted by Gasteiger charge is 2.45. The lowest BCUT2D eigenvalue weighted by Gasteiger charge is -2.25. The van der Waals surface area contributed by atoms with Crippen molar-refractivity contribution in [1.82, 2.24) is 14.6 Å². The lowest BCUT2D eigenvalue weighted by atomic mass is 10.2. The van der Waals surface area contributed by atoms with Crippen LogP contribution in [-0.4, -0.2) is 40.4 Å². The number of ether oxygens (including phenoxy) is 1. The Bertz CT molecular complexity index is 766. The van der Waals surface area contributed by atoms with Crippen LogP contribution in [0, 0.1) is 0 Å². The molecule has 0 saturated heterocycles. The van der Waals surface area contributed by atoms with Gasteiger partial charge in [0.2, 0.25) is 5.66 Å². The van der Waals surface area contributed by atoms with Crippen molar-refractivity contribution in [2.45, 2.75) is 39.8 Å². The molecule has 0 N–H and O–H groups in total. The van der Waals surface area contributed by atoms with E-state index in [2.05, 4.69) is 10.1 Å². The van der Waals surface area contributed by atoms with Crippen molar-refractivity contribution in [3.05, 3.63) is 29.7 Å². The van der Waals surface area contributed by atoms with Crippen LogP contribution in [0.3, 0.4) is 0 Å². The molecule has 2 aromatic heterocycles. The zero-order chi connectivity index (χ0) is 18.4. The number of esters is 1. The maximum absolute atomic E-state index is 13.4. The van der Waals surface area contributed by atoms with Crippen molar-refractivity contribution in [1.29, 1.82) is 0 Å². The third-order valence-corrected chi connectivity index (χ3v) is 5.87. The van der Waals surface area contributed by atoms with Gasteiger partial charge in [0.25, 0.3) is 0 Å². The summed E-state index contributed by atoms with van der Waals surface area (Å²) in [5.74, 6) is -0.669. The van der Waals surface area contributed by atoms with Gasteiger partial charge in [0.05, 0.1) is 31.7 Å². The highest BCUT2D eigenvalue weighted by Crippen LogP contribution is 2.61. The maximum Gasteiger partial charge on any atom is 0.350 e. The van der Waals surface area contributed by atoms with Gasteiger partial charge < -0.3 is 13.8 Å². The first-order valence-corrected chi connectivity index (χ1v) is 10.0. The average molecular weight is 369 g/mol. The topological polar surface area (TPSA) is 92.0 Å². The molecule has 9 heteroatoms. The first-order valence-electron chi connectivity index (χ1n) is 8.39. The van der Waals surface area contributed by atoms with E-state index in [1.54, 1.807) is 39.1 Å². The van der Waals surface area contributed by atoms with Crippen molar-refractivity contribution in [2.75, 3.05) is 19.8 Å². The lowest BCUT2D eigenvalue weighted by Crippen LogP contribution is -2.22. The van der Waals surface area contributed by atoms with Gasteiger partial charge in [0.15, 0.2) is 5.65 Å². The minimum absolute atomic E-state index is 0.140. The Labute approximate surface area is 147 Å². The van der Waals surface area contributed by atoms with E-state index < -0.39 is 19.2 Å². The fourth-order valence-electron chi connectivity index (χ4n) is 2.55. The molecule has 138 valence electrons. The lowest BCUT2D eigenvalue weighted by molar-refractivity contribution is -0.143. The van der Waals surface area contributed by atoms with E-state index in [-0.39, 0.29) is 19.8 Å². The van der Waals surface area contributed by atoms with E-state index in [1.165, 1.54) is 4.52 Å². The largest absolute Gasteiger partial charge is 0.465 e. The predicted octanol–water partition coefficient (Wildman–Crippen LogP) is 3.16. The van der Waals surface area contributed by atoms with E-state index in [9.17, 15) is 9.36 Å². The molecule has 0 spiro atoms. The van der Waals surface area contributed by atoms with Crippen LogP contribution in [0.1, 0.15) is 44.7 Å². The minimum atomic E-state index is -3.81. The summed E-state index contributed by atoms with van der Waals surface area (Å²) in [4.78, 5) is 17.1. The second-order valence-corrected chi connectivity index (χ2v) is 7.27. The van der Waals surface area contributed by atoms with Gasteiger partial charge in [-0.25, -0.2) is 9.50 Å². The zero-order valence-electron chi connectivity index (χ0n) is 15.0. The highest BCUT2D eigenvalue weighted by molar-refractivity contribution is 7.55. The van der Waals surface area contributed by atoms with Crippen molar-refractivity contribution >= 4 is 19.2 Å². The van der Waals surface area contributed by atoms with Crippen LogP contribution in [0.15, 0.2) is 18.3 Å². The van der Waals surface area contributed by atoms with Gasteiger partial charge in [0, 0.05) is 11.8 Å². The molecular weight excluding hydrogens is 345 g/mol. The number of carbonyl (C=O) groups excluding carboxylic acids is 1. The van der Waals surface area contributed by atoms with Gasteiger partial charge in [-0.2, -0.15) is 5.10 Å². The second kappa shape index (κ2) is 8.56. The highest BCUT2D eigenvalue weighted by atomic mass is 31.2. The van der Waals surface area contributed by atoms with Crippen molar-refractivity contribution in [3.63, 3.8) is 0 Å². The molecule has 0 amide bonds. The molecule has 0 aromatic carbocycles. The van der Waals surface area contributed by atoms with Gasteiger partial charge >= 0.3 is 13.6 Å². The van der Waals surface area contributed by atoms with Gasteiger partial charge in [-0.3, -0.25) is 9.36 Å². The molecule has 0 radical (unpaired) electrons. The molecule has 0 saturated carbocycles. The van der Waals surface area contributed by atoms with E-state index in [0.29, 0.717) is 17.8 Å². The number of carbonyl (C=O) groups is 1. The van der Waals surface area contributed by atoms with Crippen LogP contribution in [0.4, 0.5) is 0 Å². The van der Waals surface area contributed by atoms with Crippen LogP contribution in [0.5, 0.6) is 0 Å². The summed E-state index contributed by atoms with van der Waals surface area (Å²) < 4.78 is 30.9. The Morgan fingerprint density at radius 2 is 1.88 bits per heavy atom.